The van der Waals surface area contributed by atoms with E-state index in [1.165, 1.54) is 23.0 Å². The second-order valence-corrected chi connectivity index (χ2v) is 3.26. The van der Waals surface area contributed by atoms with Crippen molar-refractivity contribution in [1.82, 2.24) is 9.55 Å². The van der Waals surface area contributed by atoms with Crippen LogP contribution in [0.1, 0.15) is 5.69 Å². The van der Waals surface area contributed by atoms with Gasteiger partial charge in [0.2, 0.25) is 5.69 Å². The first-order valence-electron chi connectivity index (χ1n) is 4.63. The van der Waals surface area contributed by atoms with Crippen LogP contribution in [0.25, 0.3) is 0 Å². The molecule has 6 nitrogen and oxygen atoms in total. The van der Waals surface area contributed by atoms with Crippen molar-refractivity contribution in [3.05, 3.63) is 68.4 Å². The van der Waals surface area contributed by atoms with E-state index in [0.29, 0.717) is 10.4 Å². The molecule has 0 spiro atoms. The van der Waals surface area contributed by atoms with Gasteiger partial charge < -0.3 is 5.21 Å². The molecular formula is C10H9N3O3. The Bertz CT molecular complexity index is 615. The second kappa shape index (κ2) is 4.01. The van der Waals surface area contributed by atoms with Crippen LogP contribution in [-0.2, 0) is 6.54 Å². The molecule has 0 fully saturated rings. The van der Waals surface area contributed by atoms with Crippen LogP contribution in [0.3, 0.4) is 0 Å². The van der Waals surface area contributed by atoms with E-state index >= 15 is 0 Å². The van der Waals surface area contributed by atoms with E-state index in [4.69, 9.17) is 0 Å². The van der Waals surface area contributed by atoms with Crippen LogP contribution >= 0.6 is 0 Å². The van der Waals surface area contributed by atoms with Crippen molar-refractivity contribution in [2.45, 2.75) is 6.54 Å². The molecule has 0 aliphatic rings. The van der Waals surface area contributed by atoms with Crippen molar-refractivity contribution in [2.24, 2.45) is 0 Å². The number of rotatable bonds is 2. The van der Waals surface area contributed by atoms with Crippen LogP contribution in [0.5, 0.6) is 0 Å². The highest BCUT2D eigenvalue weighted by Crippen LogP contribution is 1.92. The largest absolute Gasteiger partial charge is 0.618 e. The molecule has 0 unspecified atom stereocenters. The fraction of sp³-hybridized carbons (Fsp3) is 0.100. The van der Waals surface area contributed by atoms with Crippen molar-refractivity contribution in [3.63, 3.8) is 0 Å². The lowest BCUT2D eigenvalue weighted by atomic mass is 10.3. The lowest BCUT2D eigenvalue weighted by molar-refractivity contribution is -0.614. The SMILES string of the molecule is O=c1ccn(Cc2cccc[n+]2[O-])c(=O)[nH]1. The van der Waals surface area contributed by atoms with Crippen molar-refractivity contribution < 1.29 is 4.73 Å². The molecule has 82 valence electrons. The third-order valence-electron chi connectivity index (χ3n) is 2.13. The van der Waals surface area contributed by atoms with E-state index < -0.39 is 11.2 Å². The Morgan fingerprint density at radius 2 is 2.12 bits per heavy atom. The summed E-state index contributed by atoms with van der Waals surface area (Å²) < 4.78 is 1.93. The van der Waals surface area contributed by atoms with Crippen LogP contribution in [0.2, 0.25) is 0 Å². The van der Waals surface area contributed by atoms with E-state index in [1.807, 2.05) is 0 Å². The average molecular weight is 219 g/mol. The van der Waals surface area contributed by atoms with Crippen molar-refractivity contribution >= 4 is 0 Å². The minimum atomic E-state index is -0.531. The van der Waals surface area contributed by atoms with E-state index in [9.17, 15) is 14.8 Å². The van der Waals surface area contributed by atoms with Gasteiger partial charge in [0.15, 0.2) is 6.20 Å². The molecule has 0 amide bonds. The lowest BCUT2D eigenvalue weighted by Gasteiger charge is -2.05. The van der Waals surface area contributed by atoms with Gasteiger partial charge in [-0.15, -0.1) is 0 Å². The van der Waals surface area contributed by atoms with Crippen molar-refractivity contribution in [2.75, 3.05) is 0 Å². The molecule has 0 bridgehead atoms. The maximum absolute atomic E-state index is 11.4. The topological polar surface area (TPSA) is 81.8 Å². The number of aromatic amines is 1. The molecule has 0 saturated heterocycles. The third kappa shape index (κ3) is 2.00. The highest BCUT2D eigenvalue weighted by molar-refractivity contribution is 4.99. The molecule has 0 saturated carbocycles. The minimum Gasteiger partial charge on any atom is -0.618 e. The molecular weight excluding hydrogens is 210 g/mol. The molecule has 2 heterocycles. The summed E-state index contributed by atoms with van der Waals surface area (Å²) in [5.41, 5.74) is -0.558. The fourth-order valence-corrected chi connectivity index (χ4v) is 1.33. The lowest BCUT2D eigenvalue weighted by Crippen LogP contribution is -2.36. The maximum Gasteiger partial charge on any atom is 0.328 e. The zero-order valence-electron chi connectivity index (χ0n) is 8.29. The van der Waals surface area contributed by atoms with E-state index in [2.05, 4.69) is 4.98 Å². The van der Waals surface area contributed by atoms with E-state index in [1.54, 1.807) is 18.2 Å². The Labute approximate surface area is 90.0 Å². The molecule has 0 aliphatic carbocycles. The monoisotopic (exact) mass is 219 g/mol. The number of H-pyrrole nitrogens is 1. The van der Waals surface area contributed by atoms with Crippen LogP contribution in [0.4, 0.5) is 0 Å². The van der Waals surface area contributed by atoms with E-state index in [0.717, 1.165) is 0 Å². The third-order valence-corrected chi connectivity index (χ3v) is 2.13. The predicted molar refractivity (Wildman–Crippen MR) is 55.8 cm³/mol. The van der Waals surface area contributed by atoms with Gasteiger partial charge in [0.1, 0.15) is 6.54 Å². The molecule has 0 aromatic carbocycles. The predicted octanol–water partition coefficient (Wildman–Crippen LogP) is -0.782. The summed E-state index contributed by atoms with van der Waals surface area (Å²) in [5.74, 6) is 0. The Morgan fingerprint density at radius 1 is 1.31 bits per heavy atom. The molecule has 2 aromatic rings. The number of nitrogens with one attached hydrogen (secondary N) is 1. The minimum absolute atomic E-state index is 0.125. The van der Waals surface area contributed by atoms with E-state index in [-0.39, 0.29) is 6.54 Å². The average Bonchev–Trinajstić information content (AvgIpc) is 2.25. The second-order valence-electron chi connectivity index (χ2n) is 3.26. The zero-order chi connectivity index (χ0) is 11.5. The standard InChI is InChI=1S/C10H9N3O3/c14-9-4-6-12(10(15)11-9)7-8-3-1-2-5-13(8)16/h1-6H,7H2,(H,11,14,15). The summed E-state index contributed by atoms with van der Waals surface area (Å²) >= 11 is 0. The molecule has 0 radical (unpaired) electrons. The van der Waals surface area contributed by atoms with Gasteiger partial charge in [-0.25, -0.2) is 4.79 Å². The zero-order valence-corrected chi connectivity index (χ0v) is 8.29. The summed E-state index contributed by atoms with van der Waals surface area (Å²) in [6, 6.07) is 6.16. The Kier molecular flexibility index (Phi) is 2.55. The van der Waals surface area contributed by atoms with Gasteiger partial charge in [-0.05, 0) is 6.07 Å². The highest BCUT2D eigenvalue weighted by atomic mass is 16.5. The van der Waals surface area contributed by atoms with Crippen LogP contribution < -0.4 is 16.0 Å². The molecule has 2 rings (SSSR count). The number of pyridine rings is 1. The van der Waals surface area contributed by atoms with Crippen LogP contribution in [0, 0.1) is 5.21 Å². The number of hydrogen-bond donors (Lipinski definition) is 1. The molecule has 6 heteroatoms. The number of hydrogen-bond acceptors (Lipinski definition) is 3. The summed E-state index contributed by atoms with van der Waals surface area (Å²) in [6.45, 7) is 0.125. The van der Waals surface area contributed by atoms with Gasteiger partial charge in [0.25, 0.3) is 5.56 Å². The Morgan fingerprint density at radius 3 is 2.81 bits per heavy atom. The van der Waals surface area contributed by atoms with Crippen LogP contribution in [-0.4, -0.2) is 9.55 Å². The van der Waals surface area contributed by atoms with Gasteiger partial charge in [-0.1, -0.05) is 0 Å². The summed E-state index contributed by atoms with van der Waals surface area (Å²) in [4.78, 5) is 24.3. The fourth-order valence-electron chi connectivity index (χ4n) is 1.33. The first kappa shape index (κ1) is 10.2. The molecule has 0 atom stereocenters. The van der Waals surface area contributed by atoms with Crippen molar-refractivity contribution in [1.29, 1.82) is 0 Å². The molecule has 16 heavy (non-hydrogen) atoms. The van der Waals surface area contributed by atoms with Crippen LogP contribution in [0.15, 0.2) is 46.2 Å². The van der Waals surface area contributed by atoms with Gasteiger partial charge in [-0.2, -0.15) is 4.73 Å². The van der Waals surface area contributed by atoms with Crippen molar-refractivity contribution in [3.8, 4) is 0 Å². The summed E-state index contributed by atoms with van der Waals surface area (Å²) in [6.07, 6.45) is 2.71. The molecule has 1 N–H and O–H groups in total. The first-order chi connectivity index (χ1) is 7.66. The van der Waals surface area contributed by atoms with Gasteiger partial charge in [-0.3, -0.25) is 14.3 Å². The van der Waals surface area contributed by atoms with Gasteiger partial charge in [0, 0.05) is 24.4 Å². The maximum atomic E-state index is 11.4. The smallest absolute Gasteiger partial charge is 0.328 e. The Hall–Kier alpha value is -2.37. The van der Waals surface area contributed by atoms with Gasteiger partial charge in [0.05, 0.1) is 0 Å². The number of nitrogens with zero attached hydrogens (tertiary/aromatic N) is 2. The highest BCUT2D eigenvalue weighted by Gasteiger charge is 2.05. The molecule has 2 aromatic heterocycles. The number of aromatic nitrogens is 3. The normalized spacial score (nSPS) is 10.2. The van der Waals surface area contributed by atoms with Gasteiger partial charge >= 0.3 is 5.69 Å². The molecule has 0 aliphatic heterocycles. The Balaban J connectivity index is 2.38. The quantitative estimate of drug-likeness (QED) is 0.531. The summed E-state index contributed by atoms with van der Waals surface area (Å²) in [5, 5.41) is 11.3. The summed E-state index contributed by atoms with van der Waals surface area (Å²) in [7, 11) is 0. The first-order valence-corrected chi connectivity index (χ1v) is 4.63.